The molecule has 0 saturated heterocycles. The van der Waals surface area contributed by atoms with Crippen molar-refractivity contribution in [3.63, 3.8) is 0 Å². The summed E-state index contributed by atoms with van der Waals surface area (Å²) in [5, 5.41) is 9.02. The first-order chi connectivity index (χ1) is 9.83. The Labute approximate surface area is 130 Å². The van der Waals surface area contributed by atoms with E-state index in [1.54, 1.807) is 25.1 Å². The molecular weight excluding hydrogens is 361 g/mol. The van der Waals surface area contributed by atoms with Crippen molar-refractivity contribution in [2.24, 2.45) is 0 Å². The highest BCUT2D eigenvalue weighted by atomic mass is 79.9. The van der Waals surface area contributed by atoms with E-state index in [0.29, 0.717) is 5.69 Å². The number of halogens is 2. The van der Waals surface area contributed by atoms with Crippen LogP contribution in [-0.4, -0.2) is 13.5 Å². The van der Waals surface area contributed by atoms with Crippen LogP contribution in [-0.2, 0) is 16.6 Å². The van der Waals surface area contributed by atoms with Gasteiger partial charge in [-0.25, -0.2) is 12.8 Å². The van der Waals surface area contributed by atoms with Crippen LogP contribution in [0.3, 0.4) is 0 Å². The number of hydrogen-bond donors (Lipinski definition) is 2. The Morgan fingerprint density at radius 3 is 2.62 bits per heavy atom. The molecule has 2 aromatic rings. The highest BCUT2D eigenvalue weighted by molar-refractivity contribution is 9.10. The minimum Gasteiger partial charge on any atom is -0.392 e. The number of rotatable bonds is 4. The Kier molecular flexibility index (Phi) is 4.65. The third kappa shape index (κ3) is 3.61. The second-order valence-electron chi connectivity index (χ2n) is 4.48. The van der Waals surface area contributed by atoms with Gasteiger partial charge in [0.1, 0.15) is 5.82 Å². The van der Waals surface area contributed by atoms with Gasteiger partial charge in [-0.2, -0.15) is 0 Å². The van der Waals surface area contributed by atoms with E-state index in [4.69, 9.17) is 5.11 Å². The maximum Gasteiger partial charge on any atom is 0.261 e. The Morgan fingerprint density at radius 2 is 1.95 bits per heavy atom. The molecular formula is C14H13BrFNO3S. The SMILES string of the molecule is Cc1ccc(Br)cc1NS(=O)(=O)c1ccc(F)c(CO)c1. The van der Waals surface area contributed by atoms with Gasteiger partial charge in [0.2, 0.25) is 0 Å². The third-order valence-corrected chi connectivity index (χ3v) is 4.80. The summed E-state index contributed by atoms with van der Waals surface area (Å²) in [5.74, 6) is -0.643. The summed E-state index contributed by atoms with van der Waals surface area (Å²) in [5.41, 5.74) is 1.12. The van der Waals surface area contributed by atoms with E-state index < -0.39 is 22.4 Å². The highest BCUT2D eigenvalue weighted by Crippen LogP contribution is 2.24. The van der Waals surface area contributed by atoms with Crippen LogP contribution in [0.5, 0.6) is 0 Å². The molecule has 0 unspecified atom stereocenters. The number of aliphatic hydroxyl groups excluding tert-OH is 1. The quantitative estimate of drug-likeness (QED) is 0.864. The highest BCUT2D eigenvalue weighted by Gasteiger charge is 2.17. The summed E-state index contributed by atoms with van der Waals surface area (Å²) >= 11 is 3.27. The molecule has 0 fully saturated rings. The number of benzene rings is 2. The molecule has 0 radical (unpaired) electrons. The van der Waals surface area contributed by atoms with Crippen molar-refractivity contribution < 1.29 is 17.9 Å². The van der Waals surface area contributed by atoms with Crippen LogP contribution in [0.15, 0.2) is 45.8 Å². The average Bonchev–Trinajstić information content (AvgIpc) is 2.43. The first-order valence-corrected chi connectivity index (χ1v) is 8.29. The van der Waals surface area contributed by atoms with E-state index in [0.717, 1.165) is 28.2 Å². The monoisotopic (exact) mass is 373 g/mol. The van der Waals surface area contributed by atoms with Gasteiger partial charge in [-0.1, -0.05) is 22.0 Å². The molecule has 4 nitrogen and oxygen atoms in total. The van der Waals surface area contributed by atoms with E-state index in [2.05, 4.69) is 20.7 Å². The Morgan fingerprint density at radius 1 is 1.24 bits per heavy atom. The molecule has 0 heterocycles. The second-order valence-corrected chi connectivity index (χ2v) is 7.07. The molecule has 0 aliphatic carbocycles. The number of aryl methyl sites for hydroxylation is 1. The summed E-state index contributed by atoms with van der Waals surface area (Å²) in [6.07, 6.45) is 0. The standard InChI is InChI=1S/C14H13BrFNO3S/c1-9-2-3-11(15)7-14(9)17-21(19,20)12-4-5-13(16)10(6-12)8-18/h2-7,17-18H,8H2,1H3. The van der Waals surface area contributed by atoms with Gasteiger partial charge in [-0.15, -0.1) is 0 Å². The van der Waals surface area contributed by atoms with Crippen LogP contribution in [0.4, 0.5) is 10.1 Å². The van der Waals surface area contributed by atoms with Gasteiger partial charge in [-0.05, 0) is 42.8 Å². The molecule has 0 spiro atoms. The van der Waals surface area contributed by atoms with Gasteiger partial charge in [0.05, 0.1) is 17.2 Å². The lowest BCUT2D eigenvalue weighted by Crippen LogP contribution is -2.14. The number of anilines is 1. The Bertz CT molecular complexity index is 778. The fraction of sp³-hybridized carbons (Fsp3) is 0.143. The van der Waals surface area contributed by atoms with Crippen LogP contribution in [0.2, 0.25) is 0 Å². The summed E-state index contributed by atoms with van der Waals surface area (Å²) in [6.45, 7) is 1.21. The smallest absolute Gasteiger partial charge is 0.261 e. The largest absolute Gasteiger partial charge is 0.392 e. The minimum atomic E-state index is -3.85. The summed E-state index contributed by atoms with van der Waals surface area (Å²) in [4.78, 5) is -0.104. The van der Waals surface area contributed by atoms with Gasteiger partial charge < -0.3 is 5.11 Å². The summed E-state index contributed by atoms with van der Waals surface area (Å²) in [7, 11) is -3.85. The second kappa shape index (κ2) is 6.13. The first kappa shape index (κ1) is 15.9. The average molecular weight is 374 g/mol. The first-order valence-electron chi connectivity index (χ1n) is 6.02. The molecule has 2 N–H and O–H groups in total. The molecule has 112 valence electrons. The maximum atomic E-state index is 13.3. The van der Waals surface area contributed by atoms with Crippen molar-refractivity contribution in [1.82, 2.24) is 0 Å². The lowest BCUT2D eigenvalue weighted by Gasteiger charge is -2.12. The number of aliphatic hydroxyl groups is 1. The fourth-order valence-corrected chi connectivity index (χ4v) is 3.28. The van der Waals surface area contributed by atoms with Gasteiger partial charge in [0.25, 0.3) is 10.0 Å². The topological polar surface area (TPSA) is 66.4 Å². The van der Waals surface area contributed by atoms with E-state index in [9.17, 15) is 12.8 Å². The van der Waals surface area contributed by atoms with Crippen molar-refractivity contribution in [2.45, 2.75) is 18.4 Å². The predicted molar refractivity (Wildman–Crippen MR) is 82.0 cm³/mol. The van der Waals surface area contributed by atoms with Crippen LogP contribution < -0.4 is 4.72 Å². The molecule has 21 heavy (non-hydrogen) atoms. The van der Waals surface area contributed by atoms with Crippen LogP contribution in [0.1, 0.15) is 11.1 Å². The molecule has 0 amide bonds. The van der Waals surface area contributed by atoms with Crippen molar-refractivity contribution in [3.8, 4) is 0 Å². The van der Waals surface area contributed by atoms with Gasteiger partial charge in [-0.3, -0.25) is 4.72 Å². The Hall–Kier alpha value is -1.44. The van der Waals surface area contributed by atoms with E-state index in [-0.39, 0.29) is 10.5 Å². The van der Waals surface area contributed by atoms with Crippen LogP contribution >= 0.6 is 15.9 Å². The van der Waals surface area contributed by atoms with Crippen molar-refractivity contribution in [1.29, 1.82) is 0 Å². The zero-order chi connectivity index (χ0) is 15.6. The fourth-order valence-electron chi connectivity index (χ4n) is 1.75. The molecule has 0 aliphatic heterocycles. The van der Waals surface area contributed by atoms with E-state index in [1.165, 1.54) is 0 Å². The molecule has 0 aromatic heterocycles. The molecule has 7 heteroatoms. The van der Waals surface area contributed by atoms with Gasteiger partial charge in [0.15, 0.2) is 0 Å². The number of nitrogens with one attached hydrogen (secondary N) is 1. The number of sulfonamides is 1. The molecule has 0 atom stereocenters. The normalized spacial score (nSPS) is 11.4. The summed E-state index contributed by atoms with van der Waals surface area (Å²) < 4.78 is 41.1. The molecule has 0 aliphatic rings. The van der Waals surface area contributed by atoms with E-state index >= 15 is 0 Å². The van der Waals surface area contributed by atoms with Crippen LogP contribution in [0.25, 0.3) is 0 Å². The van der Waals surface area contributed by atoms with Gasteiger partial charge >= 0.3 is 0 Å². The Balaban J connectivity index is 2.41. The number of hydrogen-bond acceptors (Lipinski definition) is 3. The van der Waals surface area contributed by atoms with Gasteiger partial charge in [0, 0.05) is 10.0 Å². The van der Waals surface area contributed by atoms with Crippen molar-refractivity contribution >= 4 is 31.6 Å². The predicted octanol–water partition coefficient (Wildman–Crippen LogP) is 3.19. The van der Waals surface area contributed by atoms with Crippen LogP contribution in [0, 0.1) is 12.7 Å². The zero-order valence-electron chi connectivity index (χ0n) is 11.1. The lowest BCUT2D eigenvalue weighted by molar-refractivity contribution is 0.275. The lowest BCUT2D eigenvalue weighted by atomic mass is 10.2. The molecule has 0 bridgehead atoms. The van der Waals surface area contributed by atoms with Crippen molar-refractivity contribution in [3.05, 3.63) is 57.8 Å². The van der Waals surface area contributed by atoms with Crippen molar-refractivity contribution in [2.75, 3.05) is 4.72 Å². The summed E-state index contributed by atoms with van der Waals surface area (Å²) in [6, 6.07) is 8.51. The molecule has 2 rings (SSSR count). The minimum absolute atomic E-state index is 0.0659. The molecule has 0 saturated carbocycles. The third-order valence-electron chi connectivity index (χ3n) is 2.94. The van der Waals surface area contributed by atoms with E-state index in [1.807, 2.05) is 0 Å². The zero-order valence-corrected chi connectivity index (χ0v) is 13.5. The molecule has 2 aromatic carbocycles. The maximum absolute atomic E-state index is 13.3.